The molecule has 0 aliphatic carbocycles. The zero-order valence-corrected chi connectivity index (χ0v) is 14.2. The molecule has 0 spiro atoms. The van der Waals surface area contributed by atoms with E-state index in [1.807, 2.05) is 48.6 Å². The van der Waals surface area contributed by atoms with Crippen molar-refractivity contribution in [2.45, 2.75) is 86.8 Å². The third kappa shape index (κ3) is 9.61. The van der Waals surface area contributed by atoms with Gasteiger partial charge in [0.05, 0.1) is 5.60 Å². The van der Waals surface area contributed by atoms with Crippen molar-refractivity contribution in [1.82, 2.24) is 5.32 Å². The lowest BCUT2D eigenvalue weighted by Gasteiger charge is -2.42. The van der Waals surface area contributed by atoms with Gasteiger partial charge in [0, 0.05) is 5.54 Å². The molecule has 2 nitrogen and oxygen atoms in total. The number of nitrogens with one attached hydrogen (secondary N) is 1. The predicted molar refractivity (Wildman–Crippen MR) is 80.5 cm³/mol. The Morgan fingerprint density at radius 2 is 1.12 bits per heavy atom. The van der Waals surface area contributed by atoms with Gasteiger partial charge in [0.25, 0.3) is 0 Å². The Bertz CT molecular complexity index is 166. The second-order valence-corrected chi connectivity index (χ2v) is 5.75. The first-order valence-electron chi connectivity index (χ1n) is 6.93. The summed E-state index contributed by atoms with van der Waals surface area (Å²) in [7, 11) is 1.96. The van der Waals surface area contributed by atoms with Crippen LogP contribution in [-0.4, -0.2) is 23.3 Å². The first-order valence-corrected chi connectivity index (χ1v) is 6.93. The summed E-state index contributed by atoms with van der Waals surface area (Å²) < 4.78 is 0. The van der Waals surface area contributed by atoms with Crippen LogP contribution < -0.4 is 5.32 Å². The van der Waals surface area contributed by atoms with Crippen LogP contribution in [0.1, 0.15) is 75.7 Å². The van der Waals surface area contributed by atoms with Crippen molar-refractivity contribution in [1.29, 1.82) is 0 Å². The van der Waals surface area contributed by atoms with Crippen molar-refractivity contribution in [3.8, 4) is 0 Å². The molecule has 0 amide bonds. The summed E-state index contributed by atoms with van der Waals surface area (Å²) in [5.41, 5.74) is -0.649. The zero-order chi connectivity index (χ0) is 14.9. The van der Waals surface area contributed by atoms with E-state index in [4.69, 9.17) is 0 Å². The van der Waals surface area contributed by atoms with Crippen LogP contribution in [0.25, 0.3) is 0 Å². The van der Waals surface area contributed by atoms with Gasteiger partial charge in [0.15, 0.2) is 0 Å². The van der Waals surface area contributed by atoms with Gasteiger partial charge in [-0.2, -0.15) is 0 Å². The van der Waals surface area contributed by atoms with Gasteiger partial charge in [-0.1, -0.05) is 41.5 Å². The molecule has 108 valence electrons. The van der Waals surface area contributed by atoms with Crippen molar-refractivity contribution < 1.29 is 5.11 Å². The Morgan fingerprint density at radius 1 is 0.824 bits per heavy atom. The molecule has 0 unspecified atom stereocenters. The molecule has 0 saturated carbocycles. The van der Waals surface area contributed by atoms with E-state index in [0.29, 0.717) is 0 Å². The maximum atomic E-state index is 9.98. The minimum Gasteiger partial charge on any atom is -0.390 e. The highest BCUT2D eigenvalue weighted by molar-refractivity contribution is 4.92. The van der Waals surface area contributed by atoms with Crippen molar-refractivity contribution in [2.75, 3.05) is 7.05 Å². The van der Waals surface area contributed by atoms with E-state index < -0.39 is 5.60 Å². The summed E-state index contributed by atoms with van der Waals surface area (Å²) in [6.07, 6.45) is 0.944. The molecule has 0 saturated heterocycles. The fourth-order valence-electron chi connectivity index (χ4n) is 1.41. The van der Waals surface area contributed by atoms with Crippen LogP contribution >= 0.6 is 0 Å². The van der Waals surface area contributed by atoms with Gasteiger partial charge in [0.1, 0.15) is 0 Å². The van der Waals surface area contributed by atoms with Crippen LogP contribution in [0.3, 0.4) is 0 Å². The van der Waals surface area contributed by atoms with Gasteiger partial charge in [0.2, 0.25) is 0 Å². The van der Waals surface area contributed by atoms with E-state index >= 15 is 0 Å². The molecule has 0 atom stereocenters. The van der Waals surface area contributed by atoms with Gasteiger partial charge in [-0.05, 0) is 46.6 Å². The first kappa shape index (κ1) is 22.1. The van der Waals surface area contributed by atoms with Crippen molar-refractivity contribution >= 4 is 0 Å². The lowest BCUT2D eigenvalue weighted by Crippen LogP contribution is -2.48. The minimum atomic E-state index is -0.638. The molecule has 0 rings (SSSR count). The largest absolute Gasteiger partial charge is 0.390 e. The lowest BCUT2D eigenvalue weighted by molar-refractivity contribution is -0.0503. The molecule has 0 radical (unpaired) electrons. The minimum absolute atomic E-state index is 0.0729. The number of hydrogen-bond donors (Lipinski definition) is 2. The molecular weight excluding hydrogens is 210 g/mol. The summed E-state index contributed by atoms with van der Waals surface area (Å²) in [6.45, 7) is 20.3. The number of hydrogen-bond acceptors (Lipinski definition) is 2. The van der Waals surface area contributed by atoms with Crippen LogP contribution in [0.15, 0.2) is 0 Å². The van der Waals surface area contributed by atoms with Crippen LogP contribution in [0.4, 0.5) is 0 Å². The van der Waals surface area contributed by atoms with Gasteiger partial charge in [-0.15, -0.1) is 0 Å². The topological polar surface area (TPSA) is 32.3 Å². The molecule has 0 aromatic carbocycles. The van der Waals surface area contributed by atoms with Gasteiger partial charge in [-0.25, -0.2) is 0 Å². The van der Waals surface area contributed by atoms with Crippen molar-refractivity contribution in [3.63, 3.8) is 0 Å². The average molecular weight is 247 g/mol. The standard InChI is InChI=1S/C11H25NO.2C2H6/c1-9(2,11(5,6)13)8-10(3,4)12-7;2*1-2/h12-13H,8H2,1-7H3;2*1-2H3. The predicted octanol–water partition coefficient (Wildman–Crippen LogP) is 4.22. The summed E-state index contributed by atoms with van der Waals surface area (Å²) in [5, 5.41) is 13.2. The molecule has 0 aromatic rings. The molecule has 0 heterocycles. The molecule has 0 fully saturated rings. The highest BCUT2D eigenvalue weighted by Gasteiger charge is 2.38. The Kier molecular flexibility index (Phi) is 11.6. The van der Waals surface area contributed by atoms with E-state index in [9.17, 15) is 5.11 Å². The monoisotopic (exact) mass is 247 g/mol. The second-order valence-electron chi connectivity index (χ2n) is 5.75. The first-order chi connectivity index (χ1) is 7.52. The Hall–Kier alpha value is -0.0800. The molecule has 2 N–H and O–H groups in total. The highest BCUT2D eigenvalue weighted by atomic mass is 16.3. The van der Waals surface area contributed by atoms with E-state index in [1.165, 1.54) is 0 Å². The van der Waals surface area contributed by atoms with E-state index in [0.717, 1.165) is 6.42 Å². The van der Waals surface area contributed by atoms with Gasteiger partial charge >= 0.3 is 0 Å². The SMILES string of the molecule is CC.CC.CNC(C)(C)CC(C)(C)C(C)(C)O. The average Bonchev–Trinajstić information content (AvgIpc) is 2.21. The van der Waals surface area contributed by atoms with Crippen LogP contribution in [0.2, 0.25) is 0 Å². The van der Waals surface area contributed by atoms with Gasteiger partial charge in [-0.3, -0.25) is 0 Å². The molecular formula is C15H37NO. The summed E-state index contributed by atoms with van der Waals surface area (Å²) in [6, 6.07) is 0. The number of aliphatic hydroxyl groups is 1. The van der Waals surface area contributed by atoms with Crippen molar-refractivity contribution in [3.05, 3.63) is 0 Å². The smallest absolute Gasteiger partial charge is 0.0643 e. The van der Waals surface area contributed by atoms with E-state index in [1.54, 1.807) is 0 Å². The molecule has 2 heteroatoms. The molecule has 0 aromatic heterocycles. The summed E-state index contributed by atoms with van der Waals surface area (Å²) in [5.74, 6) is 0. The molecule has 17 heavy (non-hydrogen) atoms. The summed E-state index contributed by atoms with van der Waals surface area (Å²) in [4.78, 5) is 0. The maximum absolute atomic E-state index is 9.98. The van der Waals surface area contributed by atoms with E-state index in [-0.39, 0.29) is 11.0 Å². The second kappa shape index (κ2) is 8.93. The third-order valence-electron chi connectivity index (χ3n) is 3.22. The fourth-order valence-corrected chi connectivity index (χ4v) is 1.41. The Balaban J connectivity index is -0.000000439. The van der Waals surface area contributed by atoms with E-state index in [2.05, 4.69) is 33.0 Å². The van der Waals surface area contributed by atoms with Crippen LogP contribution in [0.5, 0.6) is 0 Å². The maximum Gasteiger partial charge on any atom is 0.0643 e. The quantitative estimate of drug-likeness (QED) is 0.779. The molecule has 0 aliphatic heterocycles. The van der Waals surface area contributed by atoms with Crippen molar-refractivity contribution in [2.24, 2.45) is 5.41 Å². The highest BCUT2D eigenvalue weighted by Crippen LogP contribution is 2.37. The summed E-state index contributed by atoms with van der Waals surface area (Å²) >= 11 is 0. The number of rotatable bonds is 4. The van der Waals surface area contributed by atoms with Crippen LogP contribution in [0, 0.1) is 5.41 Å². The Morgan fingerprint density at radius 3 is 1.29 bits per heavy atom. The van der Waals surface area contributed by atoms with Crippen LogP contribution in [-0.2, 0) is 0 Å². The zero-order valence-electron chi connectivity index (χ0n) is 14.2. The Labute approximate surface area is 110 Å². The lowest BCUT2D eigenvalue weighted by atomic mass is 9.70. The third-order valence-corrected chi connectivity index (χ3v) is 3.22. The normalized spacial score (nSPS) is 12.0. The molecule has 0 bridgehead atoms. The molecule has 0 aliphatic rings. The van der Waals surface area contributed by atoms with Gasteiger partial charge < -0.3 is 10.4 Å². The fraction of sp³-hybridized carbons (Fsp3) is 1.00.